The largest absolute Gasteiger partial charge is 0.486 e. The maximum absolute atomic E-state index is 12.0. The van der Waals surface area contributed by atoms with E-state index in [1.165, 1.54) is 6.26 Å². The maximum Gasteiger partial charge on any atom is 0.234 e. The standard InChI is InChI=1S/C15H13NO5/c17-5-6-20-9-1-3-13-11(7-9)12(8-21-13)10-2-4-14(18)16-15(10)19/h1,3,5,7-8,10H,2,4,6H2,(H,16,18,19). The molecule has 2 heterocycles. The predicted molar refractivity (Wildman–Crippen MR) is 72.9 cm³/mol. The van der Waals surface area contributed by atoms with Crippen LogP contribution in [0.15, 0.2) is 28.9 Å². The lowest BCUT2D eigenvalue weighted by atomic mass is 9.90. The molecule has 1 atom stereocenters. The minimum Gasteiger partial charge on any atom is -0.486 e. The molecule has 0 bridgehead atoms. The molecule has 1 saturated heterocycles. The van der Waals surface area contributed by atoms with Gasteiger partial charge in [0.2, 0.25) is 11.8 Å². The monoisotopic (exact) mass is 287 g/mol. The van der Waals surface area contributed by atoms with Crippen molar-refractivity contribution in [3.8, 4) is 5.75 Å². The molecule has 0 saturated carbocycles. The van der Waals surface area contributed by atoms with E-state index in [0.29, 0.717) is 30.5 Å². The lowest BCUT2D eigenvalue weighted by molar-refractivity contribution is -0.134. The van der Waals surface area contributed by atoms with Crippen molar-refractivity contribution in [2.24, 2.45) is 0 Å². The zero-order chi connectivity index (χ0) is 14.8. The SMILES string of the molecule is O=CCOc1ccc2occ(C3CCC(=O)NC3=O)c2c1. The number of carbonyl (C=O) groups excluding carboxylic acids is 3. The van der Waals surface area contributed by atoms with E-state index in [4.69, 9.17) is 9.15 Å². The van der Waals surface area contributed by atoms with Gasteiger partial charge in [0.15, 0.2) is 6.29 Å². The molecular formula is C15H13NO5. The van der Waals surface area contributed by atoms with E-state index in [2.05, 4.69) is 5.32 Å². The van der Waals surface area contributed by atoms with Crippen molar-refractivity contribution in [1.29, 1.82) is 0 Å². The Balaban J connectivity index is 1.96. The topological polar surface area (TPSA) is 85.6 Å². The molecule has 0 radical (unpaired) electrons. The van der Waals surface area contributed by atoms with Crippen LogP contribution in [0.1, 0.15) is 24.3 Å². The molecule has 3 rings (SSSR count). The fourth-order valence-corrected chi connectivity index (χ4v) is 2.51. The van der Waals surface area contributed by atoms with E-state index in [1.54, 1.807) is 18.2 Å². The van der Waals surface area contributed by atoms with Gasteiger partial charge >= 0.3 is 0 Å². The Morgan fingerprint density at radius 1 is 1.38 bits per heavy atom. The first-order valence-electron chi connectivity index (χ1n) is 6.60. The fourth-order valence-electron chi connectivity index (χ4n) is 2.51. The molecule has 1 unspecified atom stereocenters. The average molecular weight is 287 g/mol. The van der Waals surface area contributed by atoms with E-state index in [9.17, 15) is 14.4 Å². The minimum atomic E-state index is -0.412. The second-order valence-electron chi connectivity index (χ2n) is 4.83. The summed E-state index contributed by atoms with van der Waals surface area (Å²) in [5, 5.41) is 3.09. The first-order chi connectivity index (χ1) is 10.2. The number of nitrogens with one attached hydrogen (secondary N) is 1. The van der Waals surface area contributed by atoms with Crippen molar-refractivity contribution in [3.63, 3.8) is 0 Å². The van der Waals surface area contributed by atoms with Crippen LogP contribution in [-0.4, -0.2) is 24.7 Å². The Kier molecular flexibility index (Phi) is 3.43. The number of rotatable bonds is 4. The van der Waals surface area contributed by atoms with Gasteiger partial charge in [0.05, 0.1) is 12.2 Å². The lowest BCUT2D eigenvalue weighted by Gasteiger charge is -2.19. The van der Waals surface area contributed by atoms with Crippen LogP contribution in [0.3, 0.4) is 0 Å². The maximum atomic E-state index is 12.0. The van der Waals surface area contributed by atoms with Crippen molar-refractivity contribution in [2.75, 3.05) is 6.61 Å². The van der Waals surface area contributed by atoms with Gasteiger partial charge in [-0.2, -0.15) is 0 Å². The zero-order valence-electron chi connectivity index (χ0n) is 11.1. The Hall–Kier alpha value is -2.63. The van der Waals surface area contributed by atoms with Crippen LogP contribution in [-0.2, 0) is 14.4 Å². The average Bonchev–Trinajstić information content (AvgIpc) is 2.88. The van der Waals surface area contributed by atoms with Gasteiger partial charge in [0.1, 0.15) is 17.9 Å². The number of hydrogen-bond acceptors (Lipinski definition) is 5. The zero-order valence-corrected chi connectivity index (χ0v) is 11.1. The van der Waals surface area contributed by atoms with Crippen LogP contribution in [0.4, 0.5) is 0 Å². The van der Waals surface area contributed by atoms with E-state index in [0.717, 1.165) is 10.9 Å². The van der Waals surface area contributed by atoms with Gasteiger partial charge in [-0.3, -0.25) is 19.7 Å². The van der Waals surface area contributed by atoms with Gasteiger partial charge in [-0.15, -0.1) is 0 Å². The molecule has 0 aliphatic carbocycles. The van der Waals surface area contributed by atoms with E-state index >= 15 is 0 Å². The summed E-state index contributed by atoms with van der Waals surface area (Å²) in [5.74, 6) is -0.443. The van der Waals surface area contributed by atoms with Crippen LogP contribution in [0.2, 0.25) is 0 Å². The molecule has 1 aliphatic rings. The first-order valence-corrected chi connectivity index (χ1v) is 6.60. The van der Waals surface area contributed by atoms with Crippen molar-refractivity contribution >= 4 is 29.1 Å². The summed E-state index contributed by atoms with van der Waals surface area (Å²) in [6.07, 6.45) is 2.97. The smallest absolute Gasteiger partial charge is 0.234 e. The van der Waals surface area contributed by atoms with Gasteiger partial charge in [-0.05, 0) is 24.6 Å². The van der Waals surface area contributed by atoms with Gasteiger partial charge in [0.25, 0.3) is 0 Å². The Morgan fingerprint density at radius 3 is 3.00 bits per heavy atom. The second-order valence-corrected chi connectivity index (χ2v) is 4.83. The van der Waals surface area contributed by atoms with Gasteiger partial charge < -0.3 is 9.15 Å². The van der Waals surface area contributed by atoms with E-state index in [1.807, 2.05) is 0 Å². The van der Waals surface area contributed by atoms with Gasteiger partial charge in [0, 0.05) is 17.4 Å². The normalized spacial score (nSPS) is 18.6. The summed E-state index contributed by atoms with van der Waals surface area (Å²) in [6, 6.07) is 5.16. The third-order valence-corrected chi connectivity index (χ3v) is 3.51. The van der Waals surface area contributed by atoms with Crippen molar-refractivity contribution in [3.05, 3.63) is 30.0 Å². The number of amides is 2. The molecule has 1 fully saturated rings. The number of imide groups is 1. The molecule has 1 aromatic heterocycles. The summed E-state index contributed by atoms with van der Waals surface area (Å²) >= 11 is 0. The molecule has 2 aromatic rings. The molecule has 21 heavy (non-hydrogen) atoms. The number of fused-ring (bicyclic) bond motifs is 1. The summed E-state index contributed by atoms with van der Waals surface area (Å²) in [6.45, 7) is -0.0306. The molecule has 108 valence electrons. The number of benzene rings is 1. The van der Waals surface area contributed by atoms with E-state index < -0.39 is 5.92 Å². The highest BCUT2D eigenvalue weighted by molar-refractivity contribution is 6.02. The number of furan rings is 1. The number of piperidine rings is 1. The highest BCUT2D eigenvalue weighted by Gasteiger charge is 2.30. The Bertz CT molecular complexity index is 718. The molecular weight excluding hydrogens is 274 g/mol. The van der Waals surface area contributed by atoms with Crippen molar-refractivity contribution < 1.29 is 23.5 Å². The Labute approximate surface area is 120 Å². The third kappa shape index (κ3) is 2.52. The number of carbonyl (C=O) groups is 3. The van der Waals surface area contributed by atoms with Crippen LogP contribution < -0.4 is 10.1 Å². The first kappa shape index (κ1) is 13.4. The highest BCUT2D eigenvalue weighted by Crippen LogP contribution is 2.34. The summed E-state index contributed by atoms with van der Waals surface area (Å²) < 4.78 is 10.7. The molecule has 6 heteroatoms. The van der Waals surface area contributed by atoms with Crippen LogP contribution in [0.25, 0.3) is 11.0 Å². The highest BCUT2D eigenvalue weighted by atomic mass is 16.5. The molecule has 2 amide bonds. The predicted octanol–water partition coefficient (Wildman–Crippen LogP) is 1.53. The Morgan fingerprint density at radius 2 is 2.24 bits per heavy atom. The van der Waals surface area contributed by atoms with E-state index in [-0.39, 0.29) is 18.4 Å². The second kappa shape index (κ2) is 5.40. The molecule has 1 aromatic carbocycles. The summed E-state index contributed by atoms with van der Waals surface area (Å²) in [7, 11) is 0. The van der Waals surface area contributed by atoms with Crippen LogP contribution in [0, 0.1) is 0 Å². The molecule has 1 aliphatic heterocycles. The number of hydrogen-bond donors (Lipinski definition) is 1. The third-order valence-electron chi connectivity index (χ3n) is 3.51. The van der Waals surface area contributed by atoms with Crippen LogP contribution in [0.5, 0.6) is 5.75 Å². The summed E-state index contributed by atoms with van der Waals surface area (Å²) in [5.41, 5.74) is 1.36. The van der Waals surface area contributed by atoms with Gasteiger partial charge in [-0.25, -0.2) is 0 Å². The van der Waals surface area contributed by atoms with Crippen molar-refractivity contribution in [2.45, 2.75) is 18.8 Å². The molecule has 0 spiro atoms. The van der Waals surface area contributed by atoms with Gasteiger partial charge in [-0.1, -0.05) is 0 Å². The number of ether oxygens (including phenoxy) is 1. The molecule has 1 N–H and O–H groups in total. The lowest BCUT2D eigenvalue weighted by Crippen LogP contribution is -2.39. The number of aldehydes is 1. The molecule has 6 nitrogen and oxygen atoms in total. The van der Waals surface area contributed by atoms with Crippen molar-refractivity contribution in [1.82, 2.24) is 5.32 Å². The summed E-state index contributed by atoms with van der Waals surface area (Å²) in [4.78, 5) is 33.5. The minimum absolute atomic E-state index is 0.0306. The fraction of sp³-hybridized carbons (Fsp3) is 0.267. The van der Waals surface area contributed by atoms with Crippen LogP contribution >= 0.6 is 0 Å². The quantitative estimate of drug-likeness (QED) is 0.681.